The van der Waals surface area contributed by atoms with Crippen LogP contribution in [0.3, 0.4) is 0 Å². The van der Waals surface area contributed by atoms with Crippen molar-refractivity contribution >= 4 is 23.4 Å². The maximum absolute atomic E-state index is 14.4. The van der Waals surface area contributed by atoms with E-state index >= 15 is 0 Å². The van der Waals surface area contributed by atoms with Crippen LogP contribution < -0.4 is 15.4 Å². The van der Waals surface area contributed by atoms with E-state index in [0.717, 1.165) is 41.1 Å². The molecule has 0 unspecified atom stereocenters. The predicted octanol–water partition coefficient (Wildman–Crippen LogP) is 3.35. The first kappa shape index (κ1) is 23.6. The van der Waals surface area contributed by atoms with Crippen molar-refractivity contribution < 1.29 is 23.5 Å². The van der Waals surface area contributed by atoms with E-state index in [4.69, 9.17) is 4.74 Å². The number of amides is 2. The van der Waals surface area contributed by atoms with Gasteiger partial charge in [0.2, 0.25) is 0 Å². The van der Waals surface area contributed by atoms with E-state index in [1.165, 1.54) is 25.3 Å². The Labute approximate surface area is 212 Å². The van der Waals surface area contributed by atoms with Gasteiger partial charge < -0.3 is 15.4 Å². The van der Waals surface area contributed by atoms with Gasteiger partial charge in [-0.3, -0.25) is 14.4 Å². The van der Waals surface area contributed by atoms with Gasteiger partial charge in [0, 0.05) is 24.7 Å². The number of rotatable bonds is 6. The van der Waals surface area contributed by atoms with Gasteiger partial charge >= 0.3 is 5.97 Å². The van der Waals surface area contributed by atoms with Crippen molar-refractivity contribution in [3.63, 3.8) is 0 Å². The summed E-state index contributed by atoms with van der Waals surface area (Å²) in [5.74, 6) is -1.48. The number of carbonyl (C=O) groups excluding carboxylic acids is 3. The van der Waals surface area contributed by atoms with Crippen molar-refractivity contribution in [2.24, 2.45) is 10.8 Å². The minimum atomic E-state index is -0.718. The molecule has 2 amide bonds. The van der Waals surface area contributed by atoms with Gasteiger partial charge in [-0.25, -0.2) is 13.9 Å². The topological polar surface area (TPSA) is 115 Å². The Balaban J connectivity index is 1.18. The van der Waals surface area contributed by atoms with Crippen LogP contribution in [0.2, 0.25) is 0 Å². The van der Waals surface area contributed by atoms with Crippen LogP contribution in [-0.2, 0) is 17.8 Å². The van der Waals surface area contributed by atoms with E-state index in [1.54, 1.807) is 18.2 Å². The Morgan fingerprint density at radius 3 is 2.59 bits per heavy atom. The lowest BCUT2D eigenvalue weighted by molar-refractivity contribution is -0.131. The molecule has 0 spiro atoms. The van der Waals surface area contributed by atoms with Crippen molar-refractivity contribution in [1.29, 1.82) is 0 Å². The summed E-state index contributed by atoms with van der Waals surface area (Å²) in [6, 6.07) is 6.58. The largest absolute Gasteiger partial charge is 0.426 e. The van der Waals surface area contributed by atoms with Crippen LogP contribution in [0.15, 0.2) is 30.5 Å². The second-order valence-electron chi connectivity index (χ2n) is 11.0. The molecule has 2 aromatic heterocycles. The standard InChI is InChI=1S/C27H28FN5O4/c1-26-4-7-27(8-5-26,9-6-26)15-30-25(36)20-12-19(32-23-18(28)14-31-33(20)23)24(35)29-13-16-2-3-21-17(10-16)11-22(34)37-21/h2-3,10,12,14H,4-9,11,13,15H2,1H3,(H,29,35)(H,30,36). The molecule has 3 fully saturated rings. The highest BCUT2D eigenvalue weighted by atomic mass is 19.1. The van der Waals surface area contributed by atoms with Crippen LogP contribution in [0, 0.1) is 16.6 Å². The zero-order valence-corrected chi connectivity index (χ0v) is 20.6. The summed E-state index contributed by atoms with van der Waals surface area (Å²) < 4.78 is 20.7. The summed E-state index contributed by atoms with van der Waals surface area (Å²) in [6.45, 7) is 3.06. The summed E-state index contributed by atoms with van der Waals surface area (Å²) in [5.41, 5.74) is 1.85. The second kappa shape index (κ2) is 8.64. The van der Waals surface area contributed by atoms with Gasteiger partial charge in [-0.05, 0) is 67.1 Å². The second-order valence-corrected chi connectivity index (χ2v) is 11.0. The summed E-state index contributed by atoms with van der Waals surface area (Å²) in [7, 11) is 0. The molecule has 0 radical (unpaired) electrons. The molecule has 4 aliphatic rings. The Kier molecular flexibility index (Phi) is 5.50. The third-order valence-electron chi connectivity index (χ3n) is 8.43. The molecule has 9 nitrogen and oxygen atoms in total. The maximum Gasteiger partial charge on any atom is 0.315 e. The summed E-state index contributed by atoms with van der Waals surface area (Å²) in [5, 5.41) is 9.76. The molecule has 10 heteroatoms. The number of benzene rings is 1. The van der Waals surface area contributed by atoms with E-state index in [0.29, 0.717) is 17.7 Å². The van der Waals surface area contributed by atoms with Gasteiger partial charge in [-0.1, -0.05) is 13.0 Å². The molecule has 1 aliphatic heterocycles. The molecule has 2 N–H and O–H groups in total. The molecular weight excluding hydrogens is 477 g/mol. The van der Waals surface area contributed by atoms with Crippen molar-refractivity contribution in [2.75, 3.05) is 6.54 Å². The van der Waals surface area contributed by atoms with Gasteiger partial charge in [0.25, 0.3) is 11.8 Å². The fraction of sp³-hybridized carbons (Fsp3) is 0.444. The first-order valence-corrected chi connectivity index (χ1v) is 12.7. The lowest BCUT2D eigenvalue weighted by Crippen LogP contribution is -2.46. The quantitative estimate of drug-likeness (QED) is 0.392. The van der Waals surface area contributed by atoms with Crippen LogP contribution in [-0.4, -0.2) is 38.9 Å². The minimum Gasteiger partial charge on any atom is -0.426 e. The molecule has 192 valence electrons. The Hall–Kier alpha value is -3.82. The van der Waals surface area contributed by atoms with Gasteiger partial charge in [-0.15, -0.1) is 0 Å². The highest BCUT2D eigenvalue weighted by Gasteiger charge is 2.46. The number of nitrogens with zero attached hydrogens (tertiary/aromatic N) is 3. The third-order valence-corrected chi connectivity index (χ3v) is 8.43. The SMILES string of the molecule is CC12CCC(CNC(=O)c3cc(C(=O)NCc4ccc5c(c4)CC(=O)O5)nc4c(F)cnn34)(CC1)CC2. The predicted molar refractivity (Wildman–Crippen MR) is 130 cm³/mol. The average molecular weight is 506 g/mol. The van der Waals surface area contributed by atoms with Gasteiger partial charge in [0.15, 0.2) is 11.5 Å². The highest BCUT2D eigenvalue weighted by Crippen LogP contribution is 2.56. The van der Waals surface area contributed by atoms with E-state index < -0.39 is 17.6 Å². The Morgan fingerprint density at radius 1 is 1.08 bits per heavy atom. The number of aromatic nitrogens is 3. The summed E-state index contributed by atoms with van der Waals surface area (Å²) in [4.78, 5) is 41.8. The van der Waals surface area contributed by atoms with Crippen molar-refractivity contribution in [3.8, 4) is 5.75 Å². The minimum absolute atomic E-state index is 0.0556. The number of esters is 1. The van der Waals surface area contributed by atoms with E-state index in [2.05, 4.69) is 27.6 Å². The highest BCUT2D eigenvalue weighted by molar-refractivity contribution is 5.98. The monoisotopic (exact) mass is 505 g/mol. The van der Waals surface area contributed by atoms with Crippen LogP contribution in [0.5, 0.6) is 5.75 Å². The van der Waals surface area contributed by atoms with Crippen molar-refractivity contribution in [3.05, 3.63) is 58.8 Å². The fourth-order valence-electron chi connectivity index (χ4n) is 5.86. The summed E-state index contributed by atoms with van der Waals surface area (Å²) >= 11 is 0. The molecule has 2 bridgehead atoms. The average Bonchev–Trinajstić information content (AvgIpc) is 3.47. The maximum atomic E-state index is 14.4. The number of hydrogen-bond acceptors (Lipinski definition) is 6. The van der Waals surface area contributed by atoms with E-state index in [1.807, 2.05) is 0 Å². The molecule has 1 aromatic carbocycles. The van der Waals surface area contributed by atoms with E-state index in [9.17, 15) is 18.8 Å². The van der Waals surface area contributed by atoms with Crippen molar-refractivity contribution in [2.45, 2.75) is 58.4 Å². The zero-order valence-electron chi connectivity index (χ0n) is 20.6. The Bertz CT molecular complexity index is 1420. The molecule has 0 atom stereocenters. The first-order chi connectivity index (χ1) is 17.7. The molecular formula is C27H28FN5O4. The Morgan fingerprint density at radius 2 is 1.84 bits per heavy atom. The van der Waals surface area contributed by atoms with Gasteiger partial charge in [-0.2, -0.15) is 5.10 Å². The van der Waals surface area contributed by atoms with Crippen LogP contribution in [0.1, 0.15) is 77.6 Å². The molecule has 3 heterocycles. The smallest absolute Gasteiger partial charge is 0.315 e. The number of ether oxygens (including phenoxy) is 1. The zero-order chi connectivity index (χ0) is 25.8. The molecule has 3 aromatic rings. The van der Waals surface area contributed by atoms with Crippen molar-refractivity contribution in [1.82, 2.24) is 25.2 Å². The van der Waals surface area contributed by atoms with Crippen LogP contribution in [0.25, 0.3) is 5.65 Å². The normalized spacial score (nSPS) is 24.1. The third kappa shape index (κ3) is 4.34. The molecule has 0 saturated heterocycles. The summed E-state index contributed by atoms with van der Waals surface area (Å²) in [6.07, 6.45) is 7.94. The lowest BCUT2D eigenvalue weighted by Gasteiger charge is -2.52. The molecule has 7 rings (SSSR count). The van der Waals surface area contributed by atoms with Gasteiger partial charge in [0.05, 0.1) is 12.6 Å². The van der Waals surface area contributed by atoms with Crippen LogP contribution in [0.4, 0.5) is 4.39 Å². The van der Waals surface area contributed by atoms with Crippen LogP contribution >= 0.6 is 0 Å². The molecule has 3 aliphatic carbocycles. The fourth-order valence-corrected chi connectivity index (χ4v) is 5.86. The number of nitrogens with one attached hydrogen (secondary N) is 2. The van der Waals surface area contributed by atoms with E-state index in [-0.39, 0.29) is 41.4 Å². The van der Waals surface area contributed by atoms with Gasteiger partial charge in [0.1, 0.15) is 17.1 Å². The number of fused-ring (bicyclic) bond motifs is 5. The number of halogens is 1. The lowest BCUT2D eigenvalue weighted by atomic mass is 9.54. The molecule has 3 saturated carbocycles. The first-order valence-electron chi connectivity index (χ1n) is 12.7. The molecule has 37 heavy (non-hydrogen) atoms. The number of hydrogen-bond donors (Lipinski definition) is 2. The number of carbonyl (C=O) groups is 3.